The molecule has 2 aromatic rings. The first-order valence-corrected chi connectivity index (χ1v) is 9.98. The Labute approximate surface area is 171 Å². The quantitative estimate of drug-likeness (QED) is 0.549. The van der Waals surface area contributed by atoms with Gasteiger partial charge in [0, 0.05) is 30.1 Å². The summed E-state index contributed by atoms with van der Waals surface area (Å²) in [7, 11) is 0. The minimum atomic E-state index is -0.169. The topological polar surface area (TPSA) is 67.4 Å². The number of unbranched alkanes of at least 4 members (excludes halogenated alkanes) is 1. The Morgan fingerprint density at radius 2 is 1.82 bits per heavy atom. The molecule has 0 bridgehead atoms. The molecule has 2 rings (SSSR count). The van der Waals surface area contributed by atoms with Crippen LogP contribution >= 0.6 is 11.6 Å². The zero-order valence-corrected chi connectivity index (χ0v) is 16.9. The van der Waals surface area contributed by atoms with Gasteiger partial charge >= 0.3 is 0 Å². The van der Waals surface area contributed by atoms with Crippen LogP contribution in [0.2, 0.25) is 5.02 Å². The average molecular weight is 403 g/mol. The molecule has 28 heavy (non-hydrogen) atoms. The number of carbonyl (C=O) groups is 2. The Hall–Kier alpha value is -2.53. The summed E-state index contributed by atoms with van der Waals surface area (Å²) in [6, 6.07) is 14.4. The molecule has 0 aliphatic rings. The zero-order valence-electron chi connectivity index (χ0n) is 16.2. The third-order valence-corrected chi connectivity index (χ3v) is 4.38. The minimum absolute atomic E-state index is 0.0435. The van der Waals surface area contributed by atoms with Crippen LogP contribution in [0.15, 0.2) is 48.5 Å². The van der Waals surface area contributed by atoms with Crippen molar-refractivity contribution in [3.63, 3.8) is 0 Å². The maximum Gasteiger partial charge on any atom is 0.251 e. The molecule has 0 saturated carbocycles. The summed E-state index contributed by atoms with van der Waals surface area (Å²) in [6.07, 6.45) is 3.05. The van der Waals surface area contributed by atoms with Gasteiger partial charge in [0.1, 0.15) is 5.75 Å². The second-order valence-corrected chi connectivity index (χ2v) is 6.93. The highest BCUT2D eigenvalue weighted by Crippen LogP contribution is 2.14. The molecular weight excluding hydrogens is 376 g/mol. The van der Waals surface area contributed by atoms with Gasteiger partial charge in [0.2, 0.25) is 5.91 Å². The fraction of sp³-hybridized carbons (Fsp3) is 0.364. The van der Waals surface area contributed by atoms with E-state index in [2.05, 4.69) is 17.6 Å². The lowest BCUT2D eigenvalue weighted by molar-refractivity contribution is -0.121. The van der Waals surface area contributed by atoms with E-state index in [4.69, 9.17) is 16.3 Å². The second kappa shape index (κ2) is 12.0. The van der Waals surface area contributed by atoms with Gasteiger partial charge in [0.05, 0.1) is 6.61 Å². The maximum atomic E-state index is 12.0. The third-order valence-electron chi connectivity index (χ3n) is 4.13. The highest BCUT2D eigenvalue weighted by atomic mass is 35.5. The largest absolute Gasteiger partial charge is 0.494 e. The first-order valence-electron chi connectivity index (χ1n) is 9.60. The van der Waals surface area contributed by atoms with Crippen molar-refractivity contribution in [3.8, 4) is 5.75 Å². The van der Waals surface area contributed by atoms with Gasteiger partial charge in [-0.2, -0.15) is 0 Å². The SMILES string of the molecule is CCCCOc1cccc(CNC(=O)CCCNC(=O)c2ccc(Cl)cc2)c1. The van der Waals surface area contributed by atoms with Gasteiger partial charge < -0.3 is 15.4 Å². The van der Waals surface area contributed by atoms with Crippen LogP contribution in [0.25, 0.3) is 0 Å². The van der Waals surface area contributed by atoms with Gasteiger partial charge in [-0.15, -0.1) is 0 Å². The van der Waals surface area contributed by atoms with Gasteiger partial charge in [-0.3, -0.25) is 9.59 Å². The van der Waals surface area contributed by atoms with Crippen LogP contribution in [0, 0.1) is 0 Å². The van der Waals surface area contributed by atoms with Crippen molar-refractivity contribution >= 4 is 23.4 Å². The van der Waals surface area contributed by atoms with Crippen LogP contribution in [0.3, 0.4) is 0 Å². The Balaban J connectivity index is 1.64. The van der Waals surface area contributed by atoms with E-state index in [1.54, 1.807) is 24.3 Å². The van der Waals surface area contributed by atoms with Gasteiger partial charge in [-0.25, -0.2) is 0 Å². The number of amides is 2. The predicted molar refractivity (Wildman–Crippen MR) is 112 cm³/mol. The van der Waals surface area contributed by atoms with E-state index in [0.29, 0.717) is 43.1 Å². The molecule has 0 radical (unpaired) electrons. The molecule has 0 aliphatic heterocycles. The van der Waals surface area contributed by atoms with E-state index in [9.17, 15) is 9.59 Å². The Morgan fingerprint density at radius 1 is 1.04 bits per heavy atom. The monoisotopic (exact) mass is 402 g/mol. The van der Waals surface area contributed by atoms with E-state index in [1.165, 1.54) is 0 Å². The minimum Gasteiger partial charge on any atom is -0.494 e. The number of carbonyl (C=O) groups excluding carboxylic acids is 2. The van der Waals surface area contributed by atoms with Crippen LogP contribution < -0.4 is 15.4 Å². The number of rotatable bonds is 11. The number of benzene rings is 2. The number of hydrogen-bond acceptors (Lipinski definition) is 3. The number of halogens is 1. The number of nitrogens with one attached hydrogen (secondary N) is 2. The molecular formula is C22H27ClN2O3. The van der Waals surface area contributed by atoms with Crippen LogP contribution in [0.5, 0.6) is 5.75 Å². The first-order chi connectivity index (χ1) is 13.6. The van der Waals surface area contributed by atoms with Crippen molar-refractivity contribution in [3.05, 3.63) is 64.7 Å². The lowest BCUT2D eigenvalue weighted by Gasteiger charge is -2.09. The fourth-order valence-electron chi connectivity index (χ4n) is 2.52. The maximum absolute atomic E-state index is 12.0. The van der Waals surface area contributed by atoms with Crippen molar-refractivity contribution in [2.45, 2.75) is 39.2 Å². The third kappa shape index (κ3) is 8.01. The molecule has 0 atom stereocenters. The Bertz CT molecular complexity index is 763. The van der Waals surface area contributed by atoms with Crippen molar-refractivity contribution in [1.29, 1.82) is 0 Å². The Morgan fingerprint density at radius 3 is 2.57 bits per heavy atom. The lowest BCUT2D eigenvalue weighted by atomic mass is 10.2. The molecule has 2 aromatic carbocycles. The molecule has 5 nitrogen and oxygen atoms in total. The molecule has 2 N–H and O–H groups in total. The van der Waals surface area contributed by atoms with Crippen LogP contribution in [-0.4, -0.2) is 25.0 Å². The number of hydrogen-bond donors (Lipinski definition) is 2. The highest BCUT2D eigenvalue weighted by Gasteiger charge is 2.06. The smallest absolute Gasteiger partial charge is 0.251 e. The summed E-state index contributed by atoms with van der Waals surface area (Å²) < 4.78 is 5.68. The molecule has 6 heteroatoms. The standard InChI is InChI=1S/C22H27ClN2O3/c1-2-3-14-28-20-7-4-6-17(15-20)16-25-21(26)8-5-13-24-22(27)18-9-11-19(23)12-10-18/h4,6-7,9-12,15H,2-3,5,8,13-14,16H2,1H3,(H,24,27)(H,25,26). The summed E-state index contributed by atoms with van der Waals surface area (Å²) in [5.74, 6) is 0.611. The summed E-state index contributed by atoms with van der Waals surface area (Å²) in [4.78, 5) is 24.0. The molecule has 0 heterocycles. The molecule has 0 unspecified atom stereocenters. The Kier molecular flexibility index (Phi) is 9.35. The predicted octanol–water partition coefficient (Wildman–Crippen LogP) is 4.35. The lowest BCUT2D eigenvalue weighted by Crippen LogP contribution is -2.27. The average Bonchev–Trinajstić information content (AvgIpc) is 2.70. The summed E-state index contributed by atoms with van der Waals surface area (Å²) >= 11 is 5.81. The molecule has 2 amide bonds. The molecule has 0 saturated heterocycles. The molecule has 0 aliphatic carbocycles. The fourth-order valence-corrected chi connectivity index (χ4v) is 2.65. The van der Waals surface area contributed by atoms with Gasteiger partial charge in [-0.1, -0.05) is 37.1 Å². The van der Waals surface area contributed by atoms with E-state index in [0.717, 1.165) is 24.2 Å². The zero-order chi connectivity index (χ0) is 20.2. The van der Waals surface area contributed by atoms with E-state index >= 15 is 0 Å². The molecule has 0 aromatic heterocycles. The van der Waals surface area contributed by atoms with E-state index < -0.39 is 0 Å². The highest BCUT2D eigenvalue weighted by molar-refractivity contribution is 6.30. The van der Waals surface area contributed by atoms with Crippen molar-refractivity contribution in [1.82, 2.24) is 10.6 Å². The van der Waals surface area contributed by atoms with Crippen molar-refractivity contribution in [2.24, 2.45) is 0 Å². The van der Waals surface area contributed by atoms with E-state index in [-0.39, 0.29) is 11.8 Å². The van der Waals surface area contributed by atoms with E-state index in [1.807, 2.05) is 24.3 Å². The second-order valence-electron chi connectivity index (χ2n) is 6.49. The van der Waals surface area contributed by atoms with Gasteiger partial charge in [0.15, 0.2) is 0 Å². The summed E-state index contributed by atoms with van der Waals surface area (Å²) in [5, 5.41) is 6.29. The normalized spacial score (nSPS) is 10.4. The molecule has 0 fully saturated rings. The van der Waals surface area contributed by atoms with Gasteiger partial charge in [0.25, 0.3) is 5.91 Å². The van der Waals surface area contributed by atoms with Crippen LogP contribution in [0.4, 0.5) is 0 Å². The van der Waals surface area contributed by atoms with Crippen molar-refractivity contribution in [2.75, 3.05) is 13.2 Å². The number of ether oxygens (including phenoxy) is 1. The van der Waals surface area contributed by atoms with Crippen LogP contribution in [-0.2, 0) is 11.3 Å². The van der Waals surface area contributed by atoms with Crippen molar-refractivity contribution < 1.29 is 14.3 Å². The molecule has 150 valence electrons. The van der Waals surface area contributed by atoms with Crippen LogP contribution in [0.1, 0.15) is 48.5 Å². The van der Waals surface area contributed by atoms with Gasteiger partial charge in [-0.05, 0) is 54.8 Å². The summed E-state index contributed by atoms with van der Waals surface area (Å²) in [5.41, 5.74) is 1.55. The molecule has 0 spiro atoms. The summed E-state index contributed by atoms with van der Waals surface area (Å²) in [6.45, 7) is 3.73. The first kappa shape index (κ1) is 21.8.